The number of rotatable bonds is 33. The highest BCUT2D eigenvalue weighted by atomic mass is 32.2. The SMILES string of the molecule is CCCCCCCCCCC(CCCCCCCC)COC(=O)CSCC(=O)O[C@H](C(=O)O[C@@H]1C[C@]2(O)[C@H](OC(=O)c3ccccc3)[C@H]3[C@@]4(OC(C)=O)CO[C@H]4C[C@@H](OC)[C@]3(C)C(O)[C@@H](OC)C(=C1C)C2(C)C)[C@H](NC(=O)OC(C)(C)C)c1ccccc1. The van der Waals surface area contributed by atoms with Crippen molar-refractivity contribution in [2.75, 3.05) is 38.9 Å². The minimum absolute atomic E-state index is 0.136. The zero-order valence-corrected chi connectivity index (χ0v) is 55.3. The third-order valence-electron chi connectivity index (χ3n) is 18.9. The highest BCUT2D eigenvalue weighted by molar-refractivity contribution is 8.00. The predicted molar refractivity (Wildman–Crippen MR) is 335 cm³/mol. The van der Waals surface area contributed by atoms with Crippen LogP contribution in [0.3, 0.4) is 0 Å². The molecule has 13 atom stereocenters. The lowest BCUT2D eigenvalue weighted by molar-refractivity contribution is -0.367. The molecule has 0 spiro atoms. The first kappa shape index (κ1) is 72.0. The lowest BCUT2D eigenvalue weighted by atomic mass is 9.44. The average Bonchev–Trinajstić information content (AvgIpc) is 0.672. The Morgan fingerprint density at radius 2 is 1.34 bits per heavy atom. The number of unbranched alkanes of at least 4 members (excludes halogenated alkanes) is 12. The average molecular weight is 1250 g/mol. The topological polar surface area (TPSA) is 238 Å². The van der Waals surface area contributed by atoms with Crippen LogP contribution in [0, 0.1) is 22.7 Å². The number of aliphatic hydroxyl groups is 2. The van der Waals surface area contributed by atoms with Crippen molar-refractivity contribution in [3.63, 3.8) is 0 Å². The maximum Gasteiger partial charge on any atom is 0.408 e. The molecule has 3 N–H and O–H groups in total. The molecule has 18 nitrogen and oxygen atoms in total. The van der Waals surface area contributed by atoms with Gasteiger partial charge in [0.2, 0.25) is 6.10 Å². The lowest BCUT2D eigenvalue weighted by Crippen LogP contribution is -2.82. The van der Waals surface area contributed by atoms with Crippen molar-refractivity contribution >= 4 is 47.7 Å². The molecule has 1 saturated heterocycles. The lowest BCUT2D eigenvalue weighted by Gasteiger charge is -2.69. The number of alkyl carbamates (subject to hydrolysis) is 1. The van der Waals surface area contributed by atoms with E-state index in [0.717, 1.165) is 50.3 Å². The highest BCUT2D eigenvalue weighted by Crippen LogP contribution is 2.66. The molecular weight excluding hydrogens is 1150 g/mol. The van der Waals surface area contributed by atoms with Gasteiger partial charge in [-0.05, 0) is 75.3 Å². The molecule has 2 bridgehead atoms. The Labute approximate surface area is 527 Å². The molecule has 19 heteroatoms. The third kappa shape index (κ3) is 17.5. The summed E-state index contributed by atoms with van der Waals surface area (Å²) in [6.07, 6.45) is 7.85. The zero-order valence-electron chi connectivity index (χ0n) is 54.5. The summed E-state index contributed by atoms with van der Waals surface area (Å²) in [7, 11) is 2.88. The largest absolute Gasteiger partial charge is 0.465 e. The Balaban J connectivity index is 1.33. The van der Waals surface area contributed by atoms with Gasteiger partial charge in [-0.3, -0.25) is 14.4 Å². The number of thioether (sulfide) groups is 1. The fourth-order valence-electron chi connectivity index (χ4n) is 14.2. The second-order valence-corrected chi connectivity index (χ2v) is 27.5. The minimum Gasteiger partial charge on any atom is -0.465 e. The first-order valence-electron chi connectivity index (χ1n) is 32.2. The molecule has 0 aromatic heterocycles. The fraction of sp³-hybridized carbons (Fsp3) is 0.710. The number of methoxy groups -OCH3 is 2. The minimum atomic E-state index is -2.28. The van der Waals surface area contributed by atoms with Crippen molar-refractivity contribution < 1.29 is 81.6 Å². The Morgan fingerprint density at radius 1 is 0.773 bits per heavy atom. The number of benzene rings is 2. The van der Waals surface area contributed by atoms with Gasteiger partial charge in [-0.1, -0.05) is 173 Å². The molecule has 2 unspecified atom stereocenters. The van der Waals surface area contributed by atoms with Crippen molar-refractivity contribution in [1.82, 2.24) is 5.32 Å². The molecular formula is C69H103NO17S. The van der Waals surface area contributed by atoms with E-state index < -0.39 is 130 Å². The van der Waals surface area contributed by atoms with Crippen LogP contribution in [-0.2, 0) is 61.8 Å². The van der Waals surface area contributed by atoms with Gasteiger partial charge in [0.1, 0.15) is 41.7 Å². The number of fused-ring (bicyclic) bond motifs is 5. The molecule has 3 fully saturated rings. The number of amides is 1. The first-order chi connectivity index (χ1) is 41.8. The Morgan fingerprint density at radius 3 is 1.88 bits per heavy atom. The highest BCUT2D eigenvalue weighted by Gasteiger charge is 2.78. The van der Waals surface area contributed by atoms with Gasteiger partial charge in [0.15, 0.2) is 5.60 Å². The van der Waals surface area contributed by atoms with Crippen LogP contribution in [0.2, 0.25) is 0 Å². The molecule has 6 rings (SSSR count). The predicted octanol–water partition coefficient (Wildman–Crippen LogP) is 12.1. The van der Waals surface area contributed by atoms with Crippen molar-refractivity contribution in [3.8, 4) is 0 Å². The molecule has 1 heterocycles. The van der Waals surface area contributed by atoms with Gasteiger partial charge < -0.3 is 58.2 Å². The number of carbonyl (C=O) groups is 6. The monoisotopic (exact) mass is 1250 g/mol. The normalized spacial score (nSPS) is 27.3. The van der Waals surface area contributed by atoms with Gasteiger partial charge in [0.25, 0.3) is 0 Å². The smallest absolute Gasteiger partial charge is 0.408 e. The number of carbonyl (C=O) groups excluding carboxylic acids is 6. The van der Waals surface area contributed by atoms with Crippen LogP contribution < -0.4 is 5.32 Å². The van der Waals surface area contributed by atoms with E-state index in [9.17, 15) is 34.2 Å². The van der Waals surface area contributed by atoms with Crippen LogP contribution in [0.4, 0.5) is 4.79 Å². The molecule has 4 aliphatic rings. The third-order valence-corrected chi connectivity index (χ3v) is 19.7. The van der Waals surface area contributed by atoms with Gasteiger partial charge in [0, 0.05) is 44.8 Å². The van der Waals surface area contributed by atoms with E-state index >= 15 is 4.79 Å². The summed E-state index contributed by atoms with van der Waals surface area (Å²) in [5.41, 5.74) is -6.77. The van der Waals surface area contributed by atoms with Gasteiger partial charge in [-0.2, -0.15) is 0 Å². The van der Waals surface area contributed by atoms with E-state index in [1.807, 2.05) is 0 Å². The van der Waals surface area contributed by atoms with E-state index in [1.165, 1.54) is 85.4 Å². The zero-order chi connectivity index (χ0) is 64.5. The summed E-state index contributed by atoms with van der Waals surface area (Å²) in [5.74, 6) is -5.71. The van der Waals surface area contributed by atoms with Crippen molar-refractivity contribution in [1.29, 1.82) is 0 Å². The fourth-order valence-corrected chi connectivity index (χ4v) is 14.7. The van der Waals surface area contributed by atoms with Crippen LogP contribution in [0.5, 0.6) is 0 Å². The van der Waals surface area contributed by atoms with E-state index in [-0.39, 0.29) is 36.9 Å². The van der Waals surface area contributed by atoms with Gasteiger partial charge in [-0.25, -0.2) is 14.4 Å². The Bertz CT molecular complexity index is 2630. The maximum atomic E-state index is 15.5. The molecule has 0 radical (unpaired) electrons. The Hall–Kier alpha value is -5.05. The molecule has 1 amide bonds. The molecule has 2 saturated carbocycles. The molecule has 2 aromatic carbocycles. The summed E-state index contributed by atoms with van der Waals surface area (Å²) in [6.45, 7) is 17.7. The van der Waals surface area contributed by atoms with Crippen LogP contribution in [-0.4, -0.2) is 145 Å². The summed E-state index contributed by atoms with van der Waals surface area (Å²) in [4.78, 5) is 85.1. The summed E-state index contributed by atoms with van der Waals surface area (Å²) in [5, 5.41) is 30.2. The quantitative estimate of drug-likeness (QED) is 0.0261. The molecule has 88 heavy (non-hydrogen) atoms. The van der Waals surface area contributed by atoms with Crippen LogP contribution in [0.1, 0.15) is 207 Å². The van der Waals surface area contributed by atoms with Crippen LogP contribution in [0.15, 0.2) is 71.8 Å². The van der Waals surface area contributed by atoms with E-state index in [1.54, 1.807) is 109 Å². The second kappa shape index (κ2) is 32.8. The van der Waals surface area contributed by atoms with Gasteiger partial charge in [-0.15, -0.1) is 11.8 Å². The number of esters is 5. The van der Waals surface area contributed by atoms with E-state index in [4.69, 9.17) is 42.6 Å². The van der Waals surface area contributed by atoms with Crippen LogP contribution in [0.25, 0.3) is 0 Å². The van der Waals surface area contributed by atoms with E-state index in [0.29, 0.717) is 16.7 Å². The number of nitrogens with one attached hydrogen (secondary N) is 1. The number of hydrogen-bond donors (Lipinski definition) is 3. The second-order valence-electron chi connectivity index (χ2n) is 26.5. The van der Waals surface area contributed by atoms with Crippen molar-refractivity contribution in [3.05, 3.63) is 82.9 Å². The Kier molecular flexibility index (Phi) is 26.8. The maximum absolute atomic E-state index is 15.5. The summed E-state index contributed by atoms with van der Waals surface area (Å²) < 4.78 is 55.9. The van der Waals surface area contributed by atoms with Gasteiger partial charge in [0.05, 0.1) is 48.4 Å². The molecule has 1 aliphatic heterocycles. The molecule has 3 aliphatic carbocycles. The van der Waals surface area contributed by atoms with Crippen molar-refractivity contribution in [2.24, 2.45) is 22.7 Å². The summed E-state index contributed by atoms with van der Waals surface area (Å²) in [6, 6.07) is 15.1. The van der Waals surface area contributed by atoms with Gasteiger partial charge >= 0.3 is 35.9 Å². The van der Waals surface area contributed by atoms with Crippen molar-refractivity contribution in [2.45, 2.75) is 250 Å². The number of hydrogen-bond acceptors (Lipinski definition) is 18. The molecule has 492 valence electrons. The number of aliphatic hydroxyl groups excluding tert-OH is 1. The summed E-state index contributed by atoms with van der Waals surface area (Å²) >= 11 is 0.959. The van der Waals surface area contributed by atoms with Crippen LogP contribution >= 0.6 is 11.8 Å². The first-order valence-corrected chi connectivity index (χ1v) is 33.4. The molecule has 2 aromatic rings. The number of ether oxygens (including phenoxy) is 9. The standard InChI is InChI=1S/C69H103NO17S/c1-13-15-17-19-21-22-24-28-34-47(33-27-23-20-18-16-14-2)41-81-53(72)42-88-43-54(73)84-58(56(48-35-29-25-30-36-48)70-64(77)87-65(5,6)7)63(76)83-50-40-69(78)61(85-62(75)49-37-31-26-32-38-49)59-67(10,60(74)57(80-12)55(45(50)3)66(69,8)9)51(79-11)39-52-68(59,44-82-52)86-46(4)71/h25-26,29-32,35-38,47,50-52,56-61,74,78H,13-24,27-28,33-34,39-44H2,1-12H3,(H,70,77)/t47?,50-,51-,52+,56-,57+,58+,59-,60?,61-,67+,68-,69+/m1/s1. The van der Waals surface area contributed by atoms with E-state index in [2.05, 4.69) is 19.2 Å².